The normalized spacial score (nSPS) is 27.7. The molecule has 4 heterocycles. The second-order valence-electron chi connectivity index (χ2n) is 5.41. The molecule has 0 bridgehead atoms. The monoisotopic (exact) mass is 243 g/mol. The number of hydrogen-bond donors (Lipinski definition) is 1. The molecule has 0 radical (unpaired) electrons. The molecule has 0 amide bonds. The highest BCUT2D eigenvalue weighted by molar-refractivity contribution is 5.76. The number of piperidine rings is 1. The molecule has 0 spiro atoms. The van der Waals surface area contributed by atoms with Gasteiger partial charge in [0.05, 0.1) is 18.1 Å². The highest BCUT2D eigenvalue weighted by Gasteiger charge is 2.32. The summed E-state index contributed by atoms with van der Waals surface area (Å²) in [5, 5.41) is 3.50. The van der Waals surface area contributed by atoms with Gasteiger partial charge >= 0.3 is 0 Å². The lowest BCUT2D eigenvalue weighted by atomic mass is 9.88. The predicted octanol–water partition coefficient (Wildman–Crippen LogP) is 1.87. The Labute approximate surface area is 106 Å². The highest BCUT2D eigenvalue weighted by atomic mass is 16.3. The van der Waals surface area contributed by atoms with E-state index in [2.05, 4.69) is 21.3 Å². The lowest BCUT2D eigenvalue weighted by Gasteiger charge is -2.35. The number of nitrogens with one attached hydrogen (secondary N) is 1. The summed E-state index contributed by atoms with van der Waals surface area (Å²) in [5.74, 6) is 1.67. The fourth-order valence-corrected chi connectivity index (χ4v) is 3.28. The van der Waals surface area contributed by atoms with Crippen LogP contribution in [0.15, 0.2) is 29.0 Å². The number of furan rings is 1. The van der Waals surface area contributed by atoms with Gasteiger partial charge in [0.25, 0.3) is 0 Å². The van der Waals surface area contributed by atoms with Gasteiger partial charge in [-0.25, -0.2) is 0 Å². The molecule has 4 rings (SSSR count). The molecule has 0 saturated carbocycles. The molecule has 2 aliphatic heterocycles. The number of anilines is 1. The van der Waals surface area contributed by atoms with E-state index in [4.69, 9.17) is 4.42 Å². The van der Waals surface area contributed by atoms with Crippen LogP contribution in [0.2, 0.25) is 0 Å². The Morgan fingerprint density at radius 3 is 3.28 bits per heavy atom. The third-order valence-corrected chi connectivity index (χ3v) is 4.36. The van der Waals surface area contributed by atoms with Crippen LogP contribution in [0.3, 0.4) is 0 Å². The minimum absolute atomic E-state index is 0.797. The lowest BCUT2D eigenvalue weighted by Crippen LogP contribution is -2.40. The van der Waals surface area contributed by atoms with Gasteiger partial charge in [-0.05, 0) is 31.3 Å². The van der Waals surface area contributed by atoms with E-state index in [-0.39, 0.29) is 0 Å². The molecule has 94 valence electrons. The van der Waals surface area contributed by atoms with Crippen molar-refractivity contribution >= 4 is 16.8 Å². The molecule has 2 aliphatic rings. The first-order chi connectivity index (χ1) is 8.90. The Morgan fingerprint density at radius 2 is 2.28 bits per heavy atom. The molecular formula is C14H17N3O. The Balaban J connectivity index is 1.62. The Morgan fingerprint density at radius 1 is 1.33 bits per heavy atom. The molecular weight excluding hydrogens is 226 g/mol. The number of pyridine rings is 1. The van der Waals surface area contributed by atoms with Crippen molar-refractivity contribution in [3.8, 4) is 0 Å². The fraction of sp³-hybridized carbons (Fsp3) is 0.500. The van der Waals surface area contributed by atoms with E-state index in [0.717, 1.165) is 42.6 Å². The van der Waals surface area contributed by atoms with E-state index in [1.54, 1.807) is 6.26 Å². The van der Waals surface area contributed by atoms with Crippen molar-refractivity contribution in [1.29, 1.82) is 0 Å². The number of nitrogens with zero attached hydrogens (tertiary/aromatic N) is 2. The number of aromatic nitrogens is 1. The van der Waals surface area contributed by atoms with Gasteiger partial charge < -0.3 is 14.6 Å². The fourth-order valence-electron chi connectivity index (χ4n) is 3.28. The average Bonchev–Trinajstić information content (AvgIpc) is 3.05. The van der Waals surface area contributed by atoms with E-state index < -0.39 is 0 Å². The van der Waals surface area contributed by atoms with Crippen molar-refractivity contribution in [2.45, 2.75) is 6.42 Å². The minimum Gasteiger partial charge on any atom is -0.463 e. The van der Waals surface area contributed by atoms with Crippen LogP contribution in [-0.2, 0) is 0 Å². The van der Waals surface area contributed by atoms with Gasteiger partial charge in [0, 0.05) is 25.2 Å². The molecule has 0 aliphatic carbocycles. The van der Waals surface area contributed by atoms with Gasteiger partial charge in [0.2, 0.25) is 0 Å². The number of hydrogen-bond acceptors (Lipinski definition) is 4. The maximum atomic E-state index is 5.43. The molecule has 2 aromatic rings. The molecule has 4 nitrogen and oxygen atoms in total. The van der Waals surface area contributed by atoms with E-state index >= 15 is 0 Å². The van der Waals surface area contributed by atoms with Crippen molar-refractivity contribution in [3.63, 3.8) is 0 Å². The summed E-state index contributed by atoms with van der Waals surface area (Å²) in [5.41, 5.74) is 3.03. The summed E-state index contributed by atoms with van der Waals surface area (Å²) in [6, 6.07) is 4.03. The first-order valence-corrected chi connectivity index (χ1v) is 6.69. The van der Waals surface area contributed by atoms with E-state index in [1.165, 1.54) is 18.7 Å². The molecule has 2 fully saturated rings. The third-order valence-electron chi connectivity index (χ3n) is 4.36. The van der Waals surface area contributed by atoms with Crippen LogP contribution in [0.25, 0.3) is 11.1 Å². The van der Waals surface area contributed by atoms with Crippen LogP contribution in [-0.4, -0.2) is 31.2 Å². The van der Waals surface area contributed by atoms with Gasteiger partial charge in [0.1, 0.15) is 5.52 Å². The average molecular weight is 243 g/mol. The summed E-state index contributed by atoms with van der Waals surface area (Å²) >= 11 is 0. The van der Waals surface area contributed by atoms with Crippen LogP contribution in [0, 0.1) is 11.8 Å². The van der Waals surface area contributed by atoms with Gasteiger partial charge in [-0.1, -0.05) is 0 Å². The van der Waals surface area contributed by atoms with E-state index in [9.17, 15) is 0 Å². The molecule has 2 aromatic heterocycles. The van der Waals surface area contributed by atoms with Crippen LogP contribution < -0.4 is 10.2 Å². The maximum Gasteiger partial charge on any atom is 0.154 e. The number of rotatable bonds is 1. The van der Waals surface area contributed by atoms with E-state index in [0.29, 0.717) is 0 Å². The van der Waals surface area contributed by atoms with Gasteiger partial charge in [-0.3, -0.25) is 4.98 Å². The Kier molecular flexibility index (Phi) is 2.30. The third kappa shape index (κ3) is 1.60. The molecule has 2 saturated heterocycles. The van der Waals surface area contributed by atoms with Crippen molar-refractivity contribution < 1.29 is 4.42 Å². The largest absolute Gasteiger partial charge is 0.463 e. The van der Waals surface area contributed by atoms with Crippen molar-refractivity contribution in [2.24, 2.45) is 11.8 Å². The zero-order valence-corrected chi connectivity index (χ0v) is 10.3. The van der Waals surface area contributed by atoms with Crippen molar-refractivity contribution in [1.82, 2.24) is 10.3 Å². The summed E-state index contributed by atoms with van der Waals surface area (Å²) in [6.45, 7) is 4.65. The zero-order valence-electron chi connectivity index (χ0n) is 10.3. The summed E-state index contributed by atoms with van der Waals surface area (Å²) < 4.78 is 5.43. The van der Waals surface area contributed by atoms with Crippen molar-refractivity contribution in [2.75, 3.05) is 31.1 Å². The maximum absolute atomic E-state index is 5.43. The van der Waals surface area contributed by atoms with Crippen LogP contribution >= 0.6 is 0 Å². The van der Waals surface area contributed by atoms with Crippen molar-refractivity contribution in [3.05, 3.63) is 24.6 Å². The number of fused-ring (bicyclic) bond motifs is 2. The Hall–Kier alpha value is -1.55. The first kappa shape index (κ1) is 10.4. The van der Waals surface area contributed by atoms with E-state index in [1.807, 2.05) is 12.3 Å². The topological polar surface area (TPSA) is 41.3 Å². The van der Waals surface area contributed by atoms with Crippen LogP contribution in [0.5, 0.6) is 0 Å². The highest BCUT2D eigenvalue weighted by Crippen LogP contribution is 2.30. The first-order valence-electron chi connectivity index (χ1n) is 6.69. The Bertz CT molecular complexity index is 565. The molecule has 0 unspecified atom stereocenters. The molecule has 18 heavy (non-hydrogen) atoms. The SMILES string of the molecule is c1cc2ncc(N3CC[C@H]4CNC[C@H]4C3)cc2o1. The standard InChI is InChI=1S/C14H17N3O/c1-3-17(9-11-7-15-6-10(1)11)12-5-14-13(16-8-12)2-4-18-14/h2,4-5,8,10-11,15H,1,3,6-7,9H2/t10-,11-/m0/s1. The smallest absolute Gasteiger partial charge is 0.154 e. The predicted molar refractivity (Wildman–Crippen MR) is 70.7 cm³/mol. The molecule has 1 N–H and O–H groups in total. The quantitative estimate of drug-likeness (QED) is 0.830. The molecule has 4 heteroatoms. The van der Waals surface area contributed by atoms with Gasteiger partial charge in [-0.2, -0.15) is 0 Å². The second kappa shape index (κ2) is 3.99. The summed E-state index contributed by atoms with van der Waals surface area (Å²) in [6.07, 6.45) is 4.96. The molecule has 2 atom stereocenters. The van der Waals surface area contributed by atoms with Gasteiger partial charge in [-0.15, -0.1) is 0 Å². The minimum atomic E-state index is 0.797. The molecule has 0 aromatic carbocycles. The lowest BCUT2D eigenvalue weighted by molar-refractivity contribution is 0.349. The summed E-state index contributed by atoms with van der Waals surface area (Å²) in [7, 11) is 0. The zero-order chi connectivity index (χ0) is 11.9. The second-order valence-corrected chi connectivity index (χ2v) is 5.41. The van der Waals surface area contributed by atoms with Crippen LogP contribution in [0.4, 0.5) is 5.69 Å². The summed E-state index contributed by atoms with van der Waals surface area (Å²) in [4.78, 5) is 6.90. The van der Waals surface area contributed by atoms with Crippen LogP contribution in [0.1, 0.15) is 6.42 Å². The van der Waals surface area contributed by atoms with Gasteiger partial charge in [0.15, 0.2) is 5.58 Å².